The second-order valence-corrected chi connectivity index (χ2v) is 5.09. The zero-order valence-electron chi connectivity index (χ0n) is 11.7. The first kappa shape index (κ1) is 13.8. The molecule has 0 spiro atoms. The van der Waals surface area contributed by atoms with Crippen molar-refractivity contribution >= 4 is 11.7 Å². The molecule has 0 unspecified atom stereocenters. The number of rotatable bonds is 3. The van der Waals surface area contributed by atoms with Crippen LogP contribution in [0.5, 0.6) is 0 Å². The fourth-order valence-electron chi connectivity index (χ4n) is 1.92. The lowest BCUT2D eigenvalue weighted by Gasteiger charge is -2.24. The molecular formula is C15H16N4O. The van der Waals surface area contributed by atoms with Crippen molar-refractivity contribution in [2.24, 2.45) is 7.05 Å². The first-order valence-corrected chi connectivity index (χ1v) is 6.26. The van der Waals surface area contributed by atoms with E-state index in [1.54, 1.807) is 7.05 Å². The van der Waals surface area contributed by atoms with Crippen LogP contribution in [-0.2, 0) is 17.3 Å². The Balaban J connectivity index is 2.29. The first-order valence-electron chi connectivity index (χ1n) is 6.26. The molecule has 1 amide bonds. The Hall–Kier alpha value is -2.61. The van der Waals surface area contributed by atoms with Gasteiger partial charge in [0, 0.05) is 7.05 Å². The Labute approximate surface area is 117 Å². The number of aryl methyl sites for hydroxylation is 1. The van der Waals surface area contributed by atoms with Crippen molar-refractivity contribution in [1.29, 1.82) is 5.26 Å². The minimum Gasteiger partial charge on any atom is -0.309 e. The maximum Gasteiger partial charge on any atom is 0.235 e. The third-order valence-electron chi connectivity index (χ3n) is 3.35. The number of hydrogen-bond donors (Lipinski definition) is 1. The Morgan fingerprint density at radius 3 is 2.60 bits per heavy atom. The van der Waals surface area contributed by atoms with Gasteiger partial charge in [-0.25, -0.2) is 0 Å². The molecule has 1 heterocycles. The summed E-state index contributed by atoms with van der Waals surface area (Å²) in [6.07, 6.45) is 1.44. The van der Waals surface area contributed by atoms with Crippen LogP contribution in [0.4, 0.5) is 5.82 Å². The second kappa shape index (κ2) is 5.17. The topological polar surface area (TPSA) is 70.7 Å². The summed E-state index contributed by atoms with van der Waals surface area (Å²) in [6.45, 7) is 3.69. The average molecular weight is 268 g/mol. The van der Waals surface area contributed by atoms with Gasteiger partial charge in [-0.2, -0.15) is 10.4 Å². The lowest BCUT2D eigenvalue weighted by molar-refractivity contribution is -0.120. The van der Waals surface area contributed by atoms with Crippen LogP contribution >= 0.6 is 0 Å². The van der Waals surface area contributed by atoms with E-state index in [0.29, 0.717) is 11.4 Å². The number of nitrogens with zero attached hydrogens (tertiary/aromatic N) is 3. The summed E-state index contributed by atoms with van der Waals surface area (Å²) in [6, 6.07) is 11.5. The van der Waals surface area contributed by atoms with E-state index >= 15 is 0 Å². The van der Waals surface area contributed by atoms with Crippen molar-refractivity contribution in [3.8, 4) is 6.07 Å². The van der Waals surface area contributed by atoms with E-state index in [0.717, 1.165) is 5.56 Å². The molecule has 102 valence electrons. The Kier molecular flexibility index (Phi) is 3.57. The van der Waals surface area contributed by atoms with Gasteiger partial charge in [-0.1, -0.05) is 30.3 Å². The molecule has 1 N–H and O–H groups in total. The van der Waals surface area contributed by atoms with Gasteiger partial charge in [-0.05, 0) is 19.4 Å². The smallest absolute Gasteiger partial charge is 0.235 e. The molecule has 0 fully saturated rings. The summed E-state index contributed by atoms with van der Waals surface area (Å²) in [5, 5.41) is 15.8. The number of aromatic nitrogens is 2. The third kappa shape index (κ3) is 2.41. The van der Waals surface area contributed by atoms with Crippen LogP contribution in [-0.4, -0.2) is 15.7 Å². The highest BCUT2D eigenvalue weighted by atomic mass is 16.2. The molecule has 5 nitrogen and oxygen atoms in total. The summed E-state index contributed by atoms with van der Waals surface area (Å²) < 4.78 is 1.48. The number of nitriles is 1. The average Bonchev–Trinajstić information content (AvgIpc) is 2.80. The summed E-state index contributed by atoms with van der Waals surface area (Å²) in [4.78, 5) is 12.5. The van der Waals surface area contributed by atoms with Gasteiger partial charge in [0.2, 0.25) is 5.91 Å². The number of hydrogen-bond acceptors (Lipinski definition) is 3. The maximum atomic E-state index is 12.5. The molecule has 20 heavy (non-hydrogen) atoms. The van der Waals surface area contributed by atoms with E-state index in [1.807, 2.05) is 50.2 Å². The van der Waals surface area contributed by atoms with Crippen molar-refractivity contribution in [1.82, 2.24) is 9.78 Å². The molecular weight excluding hydrogens is 252 g/mol. The number of carbonyl (C=O) groups excluding carboxylic acids is 1. The molecule has 1 aromatic carbocycles. The molecule has 0 saturated heterocycles. The van der Waals surface area contributed by atoms with Crippen LogP contribution < -0.4 is 5.32 Å². The minimum absolute atomic E-state index is 0.177. The molecule has 1 aromatic heterocycles. The highest BCUT2D eigenvalue weighted by Gasteiger charge is 2.30. The monoisotopic (exact) mass is 268 g/mol. The molecule has 0 aliphatic heterocycles. The van der Waals surface area contributed by atoms with Crippen LogP contribution in [0.25, 0.3) is 0 Å². The number of amides is 1. The minimum atomic E-state index is -0.696. The molecule has 0 bridgehead atoms. The largest absolute Gasteiger partial charge is 0.309 e. The van der Waals surface area contributed by atoms with Crippen molar-refractivity contribution in [2.45, 2.75) is 19.3 Å². The summed E-state index contributed by atoms with van der Waals surface area (Å²) >= 11 is 0. The highest BCUT2D eigenvalue weighted by Crippen LogP contribution is 2.25. The molecule has 2 rings (SSSR count). The van der Waals surface area contributed by atoms with E-state index in [2.05, 4.69) is 10.4 Å². The standard InChI is InChI=1S/C15H16N4O/c1-15(2,12-7-5-4-6-8-12)14(20)18-13-11(9-16)10-17-19(13)3/h4-8,10H,1-3H3,(H,18,20). The molecule has 0 aliphatic carbocycles. The molecule has 5 heteroatoms. The number of nitrogens with one attached hydrogen (secondary N) is 1. The van der Waals surface area contributed by atoms with Gasteiger partial charge in [0.05, 0.1) is 11.6 Å². The molecule has 0 saturated carbocycles. The zero-order chi connectivity index (χ0) is 14.8. The Morgan fingerprint density at radius 1 is 1.35 bits per heavy atom. The Morgan fingerprint density at radius 2 is 2.00 bits per heavy atom. The van der Waals surface area contributed by atoms with Gasteiger partial charge >= 0.3 is 0 Å². The molecule has 2 aromatic rings. The van der Waals surface area contributed by atoms with Gasteiger partial charge in [-0.3, -0.25) is 9.48 Å². The van der Waals surface area contributed by atoms with Gasteiger partial charge in [0.1, 0.15) is 17.5 Å². The quantitative estimate of drug-likeness (QED) is 0.927. The summed E-state index contributed by atoms with van der Waals surface area (Å²) in [7, 11) is 1.69. The van der Waals surface area contributed by atoms with Crippen molar-refractivity contribution in [2.75, 3.05) is 5.32 Å². The second-order valence-electron chi connectivity index (χ2n) is 5.09. The van der Waals surface area contributed by atoms with Crippen LogP contribution in [0, 0.1) is 11.3 Å². The van der Waals surface area contributed by atoms with Crippen LogP contribution in [0.15, 0.2) is 36.5 Å². The van der Waals surface area contributed by atoms with E-state index in [-0.39, 0.29) is 5.91 Å². The lowest BCUT2D eigenvalue weighted by atomic mass is 9.84. The SMILES string of the molecule is Cn1ncc(C#N)c1NC(=O)C(C)(C)c1ccccc1. The fourth-order valence-corrected chi connectivity index (χ4v) is 1.92. The fraction of sp³-hybridized carbons (Fsp3) is 0.267. The highest BCUT2D eigenvalue weighted by molar-refractivity contribution is 5.98. The van der Waals surface area contributed by atoms with Crippen molar-refractivity contribution < 1.29 is 4.79 Å². The van der Waals surface area contributed by atoms with Crippen LogP contribution in [0.2, 0.25) is 0 Å². The third-order valence-corrected chi connectivity index (χ3v) is 3.35. The van der Waals surface area contributed by atoms with Gasteiger partial charge in [0.25, 0.3) is 0 Å². The maximum absolute atomic E-state index is 12.5. The zero-order valence-corrected chi connectivity index (χ0v) is 11.7. The molecule has 0 aliphatic rings. The number of benzene rings is 1. The van der Waals surface area contributed by atoms with E-state index in [9.17, 15) is 4.79 Å². The van der Waals surface area contributed by atoms with Gasteiger partial charge in [0.15, 0.2) is 0 Å². The van der Waals surface area contributed by atoms with E-state index < -0.39 is 5.41 Å². The van der Waals surface area contributed by atoms with Crippen molar-refractivity contribution in [3.05, 3.63) is 47.7 Å². The van der Waals surface area contributed by atoms with Gasteiger partial charge in [-0.15, -0.1) is 0 Å². The van der Waals surface area contributed by atoms with E-state index in [1.165, 1.54) is 10.9 Å². The van der Waals surface area contributed by atoms with Crippen molar-refractivity contribution in [3.63, 3.8) is 0 Å². The Bertz CT molecular complexity index is 665. The predicted molar refractivity (Wildman–Crippen MR) is 76.0 cm³/mol. The number of carbonyl (C=O) groups is 1. The first-order chi connectivity index (χ1) is 9.46. The summed E-state index contributed by atoms with van der Waals surface area (Å²) in [5.41, 5.74) is 0.570. The normalized spacial score (nSPS) is 10.9. The van der Waals surface area contributed by atoms with E-state index in [4.69, 9.17) is 5.26 Å². The molecule has 0 radical (unpaired) electrons. The molecule has 0 atom stereocenters. The van der Waals surface area contributed by atoms with Gasteiger partial charge < -0.3 is 5.32 Å². The number of anilines is 1. The lowest BCUT2D eigenvalue weighted by Crippen LogP contribution is -2.35. The van der Waals surface area contributed by atoms with Crippen LogP contribution in [0.1, 0.15) is 25.0 Å². The van der Waals surface area contributed by atoms with Crippen LogP contribution in [0.3, 0.4) is 0 Å². The summed E-state index contributed by atoms with van der Waals surface area (Å²) in [5.74, 6) is 0.241. The predicted octanol–water partition coefficient (Wildman–Crippen LogP) is 2.21.